The first-order chi connectivity index (χ1) is 14.1. The first kappa shape index (κ1) is 23.9. The highest BCUT2D eigenvalue weighted by Crippen LogP contribution is 2.28. The van der Waals surface area contributed by atoms with Gasteiger partial charge in [0.2, 0.25) is 15.9 Å². The van der Waals surface area contributed by atoms with E-state index < -0.39 is 21.9 Å². The van der Waals surface area contributed by atoms with Crippen LogP contribution in [0.5, 0.6) is 0 Å². The molecule has 162 valence electrons. The van der Waals surface area contributed by atoms with Gasteiger partial charge in [-0.05, 0) is 56.0 Å². The van der Waals surface area contributed by atoms with Gasteiger partial charge in [-0.15, -0.1) is 0 Å². The molecule has 1 saturated heterocycles. The number of nitrogens with two attached hydrogens (primary N) is 1. The number of carbonyl (C=O) groups excluding carboxylic acids is 1. The first-order valence-corrected chi connectivity index (χ1v) is 11.2. The number of aryl methyl sites for hydroxylation is 1. The average molecular weight is 453 g/mol. The van der Waals surface area contributed by atoms with E-state index in [0.717, 1.165) is 5.56 Å². The summed E-state index contributed by atoms with van der Waals surface area (Å²) in [5.41, 5.74) is 7.09. The summed E-state index contributed by atoms with van der Waals surface area (Å²) >= 11 is 5.96. The van der Waals surface area contributed by atoms with Crippen LogP contribution >= 0.6 is 11.6 Å². The third kappa shape index (κ3) is 5.59. The molecule has 1 atom stereocenters. The lowest BCUT2D eigenvalue weighted by Crippen LogP contribution is -2.42. The van der Waals surface area contributed by atoms with E-state index in [1.807, 2.05) is 19.1 Å². The second-order valence-electron chi connectivity index (χ2n) is 7.08. The molecule has 0 spiro atoms. The van der Waals surface area contributed by atoms with Crippen molar-refractivity contribution >= 4 is 33.5 Å². The normalized spacial score (nSPS) is 17.0. The molecular formula is C21H25ClN2O5S. The topological polar surface area (TPSA) is 118 Å². The van der Waals surface area contributed by atoms with Crippen LogP contribution in [0, 0.1) is 19.8 Å². The minimum Gasteiger partial charge on any atom is -0.481 e. The Balaban J connectivity index is 0.000000269. The molecule has 2 aromatic carbocycles. The minimum absolute atomic E-state index is 0.0175. The van der Waals surface area contributed by atoms with Crippen molar-refractivity contribution in [3.05, 3.63) is 64.2 Å². The van der Waals surface area contributed by atoms with Crippen LogP contribution in [0.2, 0.25) is 5.02 Å². The van der Waals surface area contributed by atoms with Crippen LogP contribution in [0.3, 0.4) is 0 Å². The van der Waals surface area contributed by atoms with E-state index in [1.54, 1.807) is 31.2 Å². The monoisotopic (exact) mass is 452 g/mol. The summed E-state index contributed by atoms with van der Waals surface area (Å²) in [6.45, 7) is 3.87. The van der Waals surface area contributed by atoms with E-state index >= 15 is 0 Å². The maximum absolute atomic E-state index is 12.6. The predicted octanol–water partition coefficient (Wildman–Crippen LogP) is 3.23. The Morgan fingerprint density at radius 2 is 1.80 bits per heavy atom. The molecule has 3 N–H and O–H groups in total. The fourth-order valence-electron chi connectivity index (χ4n) is 3.22. The molecule has 1 unspecified atom stereocenters. The molecule has 0 aromatic heterocycles. The lowest BCUT2D eigenvalue weighted by molar-refractivity contribution is -0.142. The number of halogens is 1. The lowest BCUT2D eigenvalue weighted by Gasteiger charge is -2.30. The van der Waals surface area contributed by atoms with Gasteiger partial charge in [0.25, 0.3) is 0 Å². The van der Waals surface area contributed by atoms with Crippen LogP contribution in [0.25, 0.3) is 0 Å². The summed E-state index contributed by atoms with van der Waals surface area (Å²) in [5.74, 6) is -1.95. The molecule has 1 aliphatic rings. The number of hydrogen-bond donors (Lipinski definition) is 2. The van der Waals surface area contributed by atoms with Crippen LogP contribution in [-0.2, 0) is 14.8 Å². The molecule has 0 bridgehead atoms. The Morgan fingerprint density at radius 3 is 2.37 bits per heavy atom. The zero-order valence-corrected chi connectivity index (χ0v) is 18.4. The molecular weight excluding hydrogens is 428 g/mol. The maximum Gasteiger partial charge on any atom is 0.307 e. The largest absolute Gasteiger partial charge is 0.481 e. The third-order valence-corrected chi connectivity index (χ3v) is 7.40. The predicted molar refractivity (Wildman–Crippen MR) is 115 cm³/mol. The summed E-state index contributed by atoms with van der Waals surface area (Å²) in [6, 6.07) is 12.0. The number of aliphatic carboxylic acids is 1. The summed E-state index contributed by atoms with van der Waals surface area (Å²) in [5, 5.41) is 9.44. The first-order valence-electron chi connectivity index (χ1n) is 9.39. The van der Waals surface area contributed by atoms with Gasteiger partial charge in [-0.25, -0.2) is 8.42 Å². The van der Waals surface area contributed by atoms with Crippen molar-refractivity contribution in [2.45, 2.75) is 31.6 Å². The van der Waals surface area contributed by atoms with Crippen molar-refractivity contribution in [2.75, 3.05) is 13.1 Å². The molecule has 0 radical (unpaired) electrons. The molecule has 1 fully saturated rings. The van der Waals surface area contributed by atoms with Crippen molar-refractivity contribution in [3.63, 3.8) is 0 Å². The fraction of sp³-hybridized carbons (Fsp3) is 0.333. The average Bonchev–Trinajstić information content (AvgIpc) is 2.70. The Hall–Kier alpha value is -2.42. The molecule has 30 heavy (non-hydrogen) atoms. The maximum atomic E-state index is 12.6. The highest BCUT2D eigenvalue weighted by molar-refractivity contribution is 7.89. The van der Waals surface area contributed by atoms with Gasteiger partial charge in [-0.3, -0.25) is 9.59 Å². The van der Waals surface area contributed by atoms with Gasteiger partial charge < -0.3 is 10.8 Å². The SMILES string of the molecule is Cc1c(Cl)cccc1S(=O)(=O)N1CCCC(C(=O)O)C1.Cc1ccccc1C(N)=O. The van der Waals surface area contributed by atoms with Crippen LogP contribution in [0.4, 0.5) is 0 Å². The van der Waals surface area contributed by atoms with Crippen LogP contribution < -0.4 is 5.73 Å². The highest BCUT2D eigenvalue weighted by atomic mass is 35.5. The van der Waals surface area contributed by atoms with E-state index in [9.17, 15) is 18.0 Å². The van der Waals surface area contributed by atoms with E-state index in [-0.39, 0.29) is 17.3 Å². The Bertz CT molecular complexity index is 1040. The number of sulfonamides is 1. The van der Waals surface area contributed by atoms with E-state index in [0.29, 0.717) is 35.5 Å². The number of hydrogen-bond acceptors (Lipinski definition) is 4. The van der Waals surface area contributed by atoms with Crippen molar-refractivity contribution in [1.82, 2.24) is 4.31 Å². The van der Waals surface area contributed by atoms with E-state index in [4.69, 9.17) is 22.4 Å². The van der Waals surface area contributed by atoms with E-state index in [1.165, 1.54) is 10.4 Å². The molecule has 1 heterocycles. The Kier molecular flexibility index (Phi) is 8.00. The Labute approximate surface area is 181 Å². The summed E-state index contributed by atoms with van der Waals surface area (Å²) in [4.78, 5) is 21.8. The molecule has 3 rings (SSSR count). The molecule has 1 amide bonds. The van der Waals surface area contributed by atoms with Gasteiger partial charge in [-0.2, -0.15) is 4.31 Å². The van der Waals surface area contributed by atoms with Crippen LogP contribution in [-0.4, -0.2) is 42.8 Å². The van der Waals surface area contributed by atoms with Crippen LogP contribution in [0.15, 0.2) is 47.4 Å². The molecule has 0 aliphatic carbocycles. The van der Waals surface area contributed by atoms with Gasteiger partial charge in [0.05, 0.1) is 10.8 Å². The quantitative estimate of drug-likeness (QED) is 0.738. The minimum atomic E-state index is -3.70. The number of amides is 1. The number of nitrogens with zero attached hydrogens (tertiary/aromatic N) is 1. The number of benzene rings is 2. The van der Waals surface area contributed by atoms with E-state index in [2.05, 4.69) is 0 Å². The smallest absolute Gasteiger partial charge is 0.307 e. The fourth-order valence-corrected chi connectivity index (χ4v) is 5.22. The summed E-state index contributed by atoms with van der Waals surface area (Å²) < 4.78 is 26.4. The summed E-state index contributed by atoms with van der Waals surface area (Å²) in [7, 11) is -3.70. The third-order valence-electron chi connectivity index (χ3n) is 4.98. The standard InChI is InChI=1S/C13H16ClNO4S.C8H9NO/c1-9-11(14)5-2-6-12(9)20(18,19)15-7-3-4-10(8-15)13(16)17;1-6-4-2-3-5-7(6)8(9)10/h2,5-6,10H,3-4,7-8H2,1H3,(H,16,17);2-5H,1H3,(H2,9,10). The van der Waals surface area contributed by atoms with Crippen molar-refractivity contribution in [1.29, 1.82) is 0 Å². The van der Waals surface area contributed by atoms with Gasteiger partial charge >= 0.3 is 5.97 Å². The Morgan fingerprint density at radius 1 is 1.13 bits per heavy atom. The van der Waals surface area contributed by atoms with Crippen LogP contribution in [0.1, 0.15) is 34.3 Å². The number of carboxylic acids is 1. The molecule has 1 aliphatic heterocycles. The molecule has 9 heteroatoms. The lowest BCUT2D eigenvalue weighted by atomic mass is 10.0. The molecule has 0 saturated carbocycles. The second kappa shape index (κ2) is 10.1. The van der Waals surface area contributed by atoms with Crippen molar-refractivity contribution in [3.8, 4) is 0 Å². The number of primary amides is 1. The zero-order valence-electron chi connectivity index (χ0n) is 16.8. The zero-order chi connectivity index (χ0) is 22.5. The second-order valence-corrected chi connectivity index (χ2v) is 9.40. The van der Waals surface area contributed by atoms with Crippen molar-refractivity contribution in [2.24, 2.45) is 11.7 Å². The number of carbonyl (C=O) groups is 2. The van der Waals surface area contributed by atoms with Crippen molar-refractivity contribution < 1.29 is 23.1 Å². The number of rotatable bonds is 4. The van der Waals surface area contributed by atoms with Gasteiger partial charge in [-0.1, -0.05) is 35.9 Å². The number of piperidine rings is 1. The summed E-state index contributed by atoms with van der Waals surface area (Å²) in [6.07, 6.45) is 1.06. The van der Waals surface area contributed by atoms with Gasteiger partial charge in [0.15, 0.2) is 0 Å². The molecule has 7 nitrogen and oxygen atoms in total. The number of carboxylic acid groups (broad SMARTS) is 1. The van der Waals surface area contributed by atoms with Gasteiger partial charge in [0.1, 0.15) is 0 Å². The molecule has 2 aromatic rings. The van der Waals surface area contributed by atoms with Gasteiger partial charge in [0, 0.05) is 23.7 Å². The highest BCUT2D eigenvalue weighted by Gasteiger charge is 2.34.